The van der Waals surface area contributed by atoms with Gasteiger partial charge >= 0.3 is 0 Å². The standard InChI is InChI=1S/C8Cl4N2O2/c9-7(10)5(15)3(1-13)4(2-14)6(16)8(7,11)12. The molecule has 0 aromatic carbocycles. The van der Waals surface area contributed by atoms with Crippen LogP contribution in [-0.2, 0) is 9.59 Å². The monoisotopic (exact) mass is 296 g/mol. The van der Waals surface area contributed by atoms with E-state index in [1.54, 1.807) is 0 Å². The molecule has 16 heavy (non-hydrogen) atoms. The fourth-order valence-electron chi connectivity index (χ4n) is 1.04. The Morgan fingerprint density at radius 2 is 1.06 bits per heavy atom. The van der Waals surface area contributed by atoms with E-state index in [0.29, 0.717) is 0 Å². The Hall–Kier alpha value is -0.780. The molecule has 0 saturated heterocycles. The first-order valence-corrected chi connectivity index (χ1v) is 5.12. The average molecular weight is 298 g/mol. The molecule has 0 atom stereocenters. The van der Waals surface area contributed by atoms with Crippen molar-refractivity contribution in [1.82, 2.24) is 0 Å². The molecule has 0 radical (unpaired) electrons. The normalized spacial score (nSPS) is 22.6. The van der Waals surface area contributed by atoms with Gasteiger partial charge in [-0.3, -0.25) is 9.59 Å². The highest BCUT2D eigenvalue weighted by atomic mass is 35.5. The Balaban J connectivity index is 3.66. The van der Waals surface area contributed by atoms with Crippen LogP contribution in [0, 0.1) is 22.7 Å². The SMILES string of the molecule is N#CC1=C(C#N)C(=O)C(Cl)(Cl)C(Cl)(Cl)C1=O. The minimum atomic E-state index is -2.49. The minimum Gasteiger partial charge on any atom is -0.290 e. The number of carbonyl (C=O) groups excluding carboxylic acids is 2. The molecule has 4 nitrogen and oxygen atoms in total. The third-order valence-electron chi connectivity index (χ3n) is 1.89. The molecular weight excluding hydrogens is 298 g/mol. The van der Waals surface area contributed by atoms with Gasteiger partial charge in [-0.2, -0.15) is 10.5 Å². The number of alkyl halides is 4. The van der Waals surface area contributed by atoms with E-state index in [-0.39, 0.29) is 0 Å². The summed E-state index contributed by atoms with van der Waals surface area (Å²) in [5.41, 5.74) is -1.48. The van der Waals surface area contributed by atoms with Gasteiger partial charge in [0.25, 0.3) is 0 Å². The second-order valence-electron chi connectivity index (χ2n) is 2.78. The van der Waals surface area contributed by atoms with Crippen molar-refractivity contribution in [3.8, 4) is 12.1 Å². The maximum atomic E-state index is 11.6. The zero-order chi connectivity index (χ0) is 12.7. The summed E-state index contributed by atoms with van der Waals surface area (Å²) in [4.78, 5) is 23.2. The number of nitrogens with zero attached hydrogens (tertiary/aromatic N) is 2. The number of halogens is 4. The zero-order valence-corrected chi connectivity index (χ0v) is 10.2. The maximum absolute atomic E-state index is 11.6. The van der Waals surface area contributed by atoms with Crippen molar-refractivity contribution in [2.24, 2.45) is 0 Å². The van der Waals surface area contributed by atoms with Crippen molar-refractivity contribution < 1.29 is 9.59 Å². The molecule has 8 heteroatoms. The second-order valence-corrected chi connectivity index (χ2v) is 5.44. The molecule has 0 heterocycles. The van der Waals surface area contributed by atoms with Crippen molar-refractivity contribution in [2.45, 2.75) is 8.67 Å². The zero-order valence-electron chi connectivity index (χ0n) is 7.22. The van der Waals surface area contributed by atoms with Crippen LogP contribution in [0.1, 0.15) is 0 Å². The number of allylic oxidation sites excluding steroid dienone is 2. The molecule has 0 aromatic rings. The average Bonchev–Trinajstić information content (AvgIpc) is 2.21. The molecule has 0 N–H and O–H groups in total. The highest BCUT2D eigenvalue weighted by Gasteiger charge is 2.63. The van der Waals surface area contributed by atoms with Gasteiger partial charge in [0.2, 0.25) is 20.2 Å². The fourth-order valence-corrected chi connectivity index (χ4v) is 1.76. The quantitative estimate of drug-likeness (QED) is 0.639. The molecule has 0 saturated carbocycles. The topological polar surface area (TPSA) is 81.7 Å². The molecule has 0 fully saturated rings. The molecule has 1 aliphatic carbocycles. The Kier molecular flexibility index (Phi) is 3.24. The Morgan fingerprint density at radius 3 is 1.25 bits per heavy atom. The van der Waals surface area contributed by atoms with Gasteiger partial charge in [0.05, 0.1) is 0 Å². The van der Waals surface area contributed by atoms with E-state index in [4.69, 9.17) is 56.9 Å². The number of hydrogen-bond acceptors (Lipinski definition) is 4. The van der Waals surface area contributed by atoms with Crippen molar-refractivity contribution in [1.29, 1.82) is 10.5 Å². The molecule has 1 rings (SSSR count). The number of ketones is 2. The van der Waals surface area contributed by atoms with E-state index < -0.39 is 31.4 Å². The Labute approximate surface area is 110 Å². The van der Waals surface area contributed by atoms with E-state index in [9.17, 15) is 9.59 Å². The van der Waals surface area contributed by atoms with Crippen LogP contribution < -0.4 is 0 Å². The van der Waals surface area contributed by atoms with Gasteiger partial charge in [-0.05, 0) is 0 Å². The summed E-state index contributed by atoms with van der Waals surface area (Å²) in [7, 11) is 0. The van der Waals surface area contributed by atoms with Crippen molar-refractivity contribution >= 4 is 58.0 Å². The highest BCUT2D eigenvalue weighted by molar-refractivity contribution is 6.77. The molecule has 0 spiro atoms. The maximum Gasteiger partial charge on any atom is 0.221 e. The smallest absolute Gasteiger partial charge is 0.221 e. The lowest BCUT2D eigenvalue weighted by Crippen LogP contribution is -2.53. The van der Waals surface area contributed by atoms with Crippen LogP contribution in [0.2, 0.25) is 0 Å². The Morgan fingerprint density at radius 1 is 0.812 bits per heavy atom. The number of carbonyl (C=O) groups is 2. The summed E-state index contributed by atoms with van der Waals surface area (Å²) in [5, 5.41) is 17.3. The van der Waals surface area contributed by atoms with Gasteiger partial charge < -0.3 is 0 Å². The second kappa shape index (κ2) is 3.91. The Bertz CT molecular complexity index is 461. The summed E-state index contributed by atoms with van der Waals surface area (Å²) in [6.45, 7) is 0. The largest absolute Gasteiger partial charge is 0.290 e. The molecule has 0 aliphatic heterocycles. The lowest BCUT2D eigenvalue weighted by Gasteiger charge is -2.33. The van der Waals surface area contributed by atoms with Crippen molar-refractivity contribution in [3.63, 3.8) is 0 Å². The summed E-state index contributed by atoms with van der Waals surface area (Å²) in [6, 6.07) is 2.76. The lowest BCUT2D eigenvalue weighted by atomic mass is 9.89. The van der Waals surface area contributed by atoms with Gasteiger partial charge in [-0.15, -0.1) is 0 Å². The van der Waals surface area contributed by atoms with Gasteiger partial charge in [-0.25, -0.2) is 0 Å². The van der Waals surface area contributed by atoms with E-state index in [1.165, 1.54) is 12.1 Å². The molecule has 0 aromatic heterocycles. The van der Waals surface area contributed by atoms with E-state index in [0.717, 1.165) is 0 Å². The molecule has 82 valence electrons. The summed E-state index contributed by atoms with van der Waals surface area (Å²) >= 11 is 22.2. The molecule has 1 aliphatic rings. The predicted octanol–water partition coefficient (Wildman–Crippen LogP) is 1.83. The van der Waals surface area contributed by atoms with Crippen LogP contribution in [0.5, 0.6) is 0 Å². The highest BCUT2D eigenvalue weighted by Crippen LogP contribution is 2.49. The van der Waals surface area contributed by atoms with E-state index >= 15 is 0 Å². The van der Waals surface area contributed by atoms with Gasteiger partial charge in [-0.1, -0.05) is 46.4 Å². The third-order valence-corrected chi connectivity index (χ3v) is 4.10. The summed E-state index contributed by atoms with van der Waals surface area (Å²) < 4.78 is -4.97. The minimum absolute atomic E-state index is 0.741. The molecule has 0 bridgehead atoms. The van der Waals surface area contributed by atoms with Crippen LogP contribution in [0.15, 0.2) is 11.1 Å². The van der Waals surface area contributed by atoms with E-state index in [1.807, 2.05) is 0 Å². The third kappa shape index (κ3) is 1.50. The first-order chi connectivity index (χ1) is 7.21. The van der Waals surface area contributed by atoms with Crippen LogP contribution >= 0.6 is 46.4 Å². The van der Waals surface area contributed by atoms with Gasteiger partial charge in [0.1, 0.15) is 23.3 Å². The van der Waals surface area contributed by atoms with Gasteiger partial charge in [0, 0.05) is 0 Å². The van der Waals surface area contributed by atoms with E-state index in [2.05, 4.69) is 0 Å². The number of Topliss-reactive ketones (excluding diaryl/α,β-unsaturated/α-hetero) is 2. The summed E-state index contributed by atoms with van der Waals surface area (Å²) in [6.07, 6.45) is 0. The predicted molar refractivity (Wildman–Crippen MR) is 57.1 cm³/mol. The van der Waals surface area contributed by atoms with Crippen molar-refractivity contribution in [3.05, 3.63) is 11.1 Å². The lowest BCUT2D eigenvalue weighted by molar-refractivity contribution is -0.123. The fraction of sp³-hybridized carbons (Fsp3) is 0.250. The molecule has 0 unspecified atom stereocenters. The summed E-state index contributed by atoms with van der Waals surface area (Å²) in [5.74, 6) is -2.33. The molecule has 0 amide bonds. The van der Waals surface area contributed by atoms with Crippen molar-refractivity contribution in [2.75, 3.05) is 0 Å². The van der Waals surface area contributed by atoms with Crippen LogP contribution in [0.4, 0.5) is 0 Å². The van der Waals surface area contributed by atoms with Crippen LogP contribution in [-0.4, -0.2) is 20.2 Å². The first kappa shape index (κ1) is 13.3. The number of hydrogen-bond donors (Lipinski definition) is 0. The number of rotatable bonds is 0. The van der Waals surface area contributed by atoms with Crippen LogP contribution in [0.25, 0.3) is 0 Å². The number of nitriles is 2. The van der Waals surface area contributed by atoms with Crippen LogP contribution in [0.3, 0.4) is 0 Å². The van der Waals surface area contributed by atoms with Gasteiger partial charge in [0.15, 0.2) is 0 Å². The molecular formula is C8Cl4N2O2. The first-order valence-electron chi connectivity index (χ1n) is 3.61.